The Labute approximate surface area is 84.5 Å². The predicted octanol–water partition coefficient (Wildman–Crippen LogP) is 0.234. The normalized spacial score (nSPS) is 25.2. The van der Waals surface area contributed by atoms with Crippen LogP contribution in [0, 0.1) is 0 Å². The Morgan fingerprint density at radius 3 is 3.07 bits per heavy atom. The van der Waals surface area contributed by atoms with E-state index in [9.17, 15) is 0 Å². The molecule has 5 heteroatoms. The first-order valence-corrected chi connectivity index (χ1v) is 4.97. The van der Waals surface area contributed by atoms with E-state index in [4.69, 9.17) is 15.7 Å². The van der Waals surface area contributed by atoms with E-state index in [1.165, 1.54) is 12.8 Å². The smallest absolute Gasteiger partial charge is 0.153 e. The second-order valence-electron chi connectivity index (χ2n) is 3.67. The predicted molar refractivity (Wildman–Crippen MR) is 54.5 cm³/mol. The summed E-state index contributed by atoms with van der Waals surface area (Å²) in [7, 11) is 1.70. The van der Waals surface area contributed by atoms with E-state index >= 15 is 0 Å². The van der Waals surface area contributed by atoms with Crippen LogP contribution in [-0.2, 0) is 4.74 Å². The molecule has 1 aliphatic heterocycles. The summed E-state index contributed by atoms with van der Waals surface area (Å²) in [6.07, 6.45) is 3.55. The summed E-state index contributed by atoms with van der Waals surface area (Å²) in [6.45, 7) is 2.26. The number of ether oxygens (including phenoxy) is 1. The molecule has 0 spiro atoms. The minimum Gasteiger partial charge on any atom is -0.409 e. The molecule has 0 aromatic carbocycles. The van der Waals surface area contributed by atoms with Crippen molar-refractivity contribution in [1.29, 1.82) is 0 Å². The molecule has 1 fully saturated rings. The standard InChI is InChI=1S/C9H19N3O2/c1-14-7-8-4-2-3-5-12(8)6-9(10)11-13/h8,13H,2-7H2,1H3,(H2,10,11)/t8-/m0/s1. The maximum Gasteiger partial charge on any atom is 0.153 e. The number of piperidine rings is 1. The van der Waals surface area contributed by atoms with Crippen molar-refractivity contribution in [1.82, 2.24) is 4.90 Å². The first-order chi connectivity index (χ1) is 6.77. The summed E-state index contributed by atoms with van der Waals surface area (Å²) in [5.74, 6) is 0.271. The van der Waals surface area contributed by atoms with Crippen molar-refractivity contribution < 1.29 is 9.94 Å². The lowest BCUT2D eigenvalue weighted by atomic mass is 10.0. The summed E-state index contributed by atoms with van der Waals surface area (Å²) in [4.78, 5) is 2.21. The molecule has 1 heterocycles. The van der Waals surface area contributed by atoms with Gasteiger partial charge in [0.1, 0.15) is 0 Å². The van der Waals surface area contributed by atoms with Gasteiger partial charge in [0.2, 0.25) is 0 Å². The van der Waals surface area contributed by atoms with Gasteiger partial charge in [-0.15, -0.1) is 0 Å². The molecule has 1 saturated heterocycles. The highest BCUT2D eigenvalue weighted by atomic mass is 16.5. The first kappa shape index (κ1) is 11.3. The van der Waals surface area contributed by atoms with E-state index < -0.39 is 0 Å². The van der Waals surface area contributed by atoms with Crippen LogP contribution < -0.4 is 5.73 Å². The Bertz CT molecular complexity index is 194. The minimum atomic E-state index is 0.271. The highest BCUT2D eigenvalue weighted by molar-refractivity contribution is 5.81. The van der Waals surface area contributed by atoms with Gasteiger partial charge in [0.25, 0.3) is 0 Å². The lowest BCUT2D eigenvalue weighted by molar-refractivity contribution is 0.0749. The van der Waals surface area contributed by atoms with E-state index in [0.29, 0.717) is 12.6 Å². The average Bonchev–Trinajstić information content (AvgIpc) is 2.21. The van der Waals surface area contributed by atoms with E-state index in [1.807, 2.05) is 0 Å². The molecule has 5 nitrogen and oxygen atoms in total. The highest BCUT2D eigenvalue weighted by Gasteiger charge is 2.22. The van der Waals surface area contributed by atoms with E-state index in [1.54, 1.807) is 7.11 Å². The Kier molecular flexibility index (Phi) is 4.69. The highest BCUT2D eigenvalue weighted by Crippen LogP contribution is 2.16. The number of hydrogen-bond acceptors (Lipinski definition) is 4. The molecule has 3 N–H and O–H groups in total. The zero-order valence-corrected chi connectivity index (χ0v) is 8.65. The number of amidine groups is 1. The number of methoxy groups -OCH3 is 1. The number of likely N-dealkylation sites (tertiary alicyclic amines) is 1. The summed E-state index contributed by atoms with van der Waals surface area (Å²) in [5.41, 5.74) is 5.48. The number of oxime groups is 1. The third-order valence-corrected chi connectivity index (χ3v) is 2.60. The molecule has 0 amide bonds. The molecule has 0 aromatic heterocycles. The van der Waals surface area contributed by atoms with Crippen LogP contribution in [0.3, 0.4) is 0 Å². The molecule has 0 bridgehead atoms. The fourth-order valence-corrected chi connectivity index (χ4v) is 1.89. The van der Waals surface area contributed by atoms with E-state index in [2.05, 4.69) is 10.1 Å². The molecular weight excluding hydrogens is 182 g/mol. The Morgan fingerprint density at radius 2 is 2.43 bits per heavy atom. The SMILES string of the molecule is COC[C@@H]1CCCCN1CC(N)=NO. The molecular formula is C9H19N3O2. The van der Waals surface area contributed by atoms with Crippen molar-refractivity contribution in [3.05, 3.63) is 0 Å². The van der Waals surface area contributed by atoms with Crippen LogP contribution in [0.5, 0.6) is 0 Å². The van der Waals surface area contributed by atoms with Gasteiger partial charge in [0.15, 0.2) is 5.84 Å². The third-order valence-electron chi connectivity index (χ3n) is 2.60. The molecule has 0 aromatic rings. The van der Waals surface area contributed by atoms with Gasteiger partial charge in [-0.2, -0.15) is 0 Å². The van der Waals surface area contributed by atoms with Crippen LogP contribution in [0.15, 0.2) is 5.16 Å². The quantitative estimate of drug-likeness (QED) is 0.296. The molecule has 82 valence electrons. The molecule has 0 unspecified atom stereocenters. The van der Waals surface area contributed by atoms with Gasteiger partial charge in [-0.3, -0.25) is 4.90 Å². The topological polar surface area (TPSA) is 71.1 Å². The van der Waals surface area contributed by atoms with E-state index in [0.717, 1.165) is 19.6 Å². The van der Waals surface area contributed by atoms with Crippen LogP contribution >= 0.6 is 0 Å². The number of hydrogen-bond donors (Lipinski definition) is 2. The maximum atomic E-state index is 8.49. The monoisotopic (exact) mass is 201 g/mol. The number of rotatable bonds is 4. The largest absolute Gasteiger partial charge is 0.409 e. The van der Waals surface area contributed by atoms with Crippen LogP contribution in [0.1, 0.15) is 19.3 Å². The zero-order chi connectivity index (χ0) is 10.4. The summed E-state index contributed by atoms with van der Waals surface area (Å²) < 4.78 is 5.14. The van der Waals surface area contributed by atoms with Gasteiger partial charge in [-0.25, -0.2) is 0 Å². The van der Waals surface area contributed by atoms with Crippen LogP contribution in [0.4, 0.5) is 0 Å². The Balaban J connectivity index is 2.45. The minimum absolute atomic E-state index is 0.271. The molecule has 0 saturated carbocycles. The van der Waals surface area contributed by atoms with Crippen LogP contribution in [0.2, 0.25) is 0 Å². The van der Waals surface area contributed by atoms with Crippen molar-refractivity contribution in [2.75, 3.05) is 26.8 Å². The van der Waals surface area contributed by atoms with Gasteiger partial charge in [0, 0.05) is 13.2 Å². The zero-order valence-electron chi connectivity index (χ0n) is 8.65. The van der Waals surface area contributed by atoms with Gasteiger partial charge >= 0.3 is 0 Å². The van der Waals surface area contributed by atoms with Gasteiger partial charge < -0.3 is 15.7 Å². The van der Waals surface area contributed by atoms with Crippen molar-refractivity contribution in [2.45, 2.75) is 25.3 Å². The molecule has 14 heavy (non-hydrogen) atoms. The van der Waals surface area contributed by atoms with Crippen molar-refractivity contribution in [3.63, 3.8) is 0 Å². The second kappa shape index (κ2) is 5.82. The molecule has 1 aliphatic rings. The van der Waals surface area contributed by atoms with Crippen molar-refractivity contribution in [3.8, 4) is 0 Å². The average molecular weight is 201 g/mol. The first-order valence-electron chi connectivity index (χ1n) is 4.97. The molecule has 0 radical (unpaired) electrons. The second-order valence-corrected chi connectivity index (χ2v) is 3.67. The summed E-state index contributed by atoms with van der Waals surface area (Å²) in [5, 5.41) is 11.5. The van der Waals surface area contributed by atoms with E-state index in [-0.39, 0.29) is 5.84 Å². The lowest BCUT2D eigenvalue weighted by Crippen LogP contribution is -2.46. The van der Waals surface area contributed by atoms with Gasteiger partial charge in [0.05, 0.1) is 13.2 Å². The Morgan fingerprint density at radius 1 is 1.64 bits per heavy atom. The Hall–Kier alpha value is -0.810. The van der Waals surface area contributed by atoms with Crippen molar-refractivity contribution in [2.24, 2.45) is 10.9 Å². The third kappa shape index (κ3) is 3.16. The molecule has 1 atom stereocenters. The van der Waals surface area contributed by atoms with Gasteiger partial charge in [-0.05, 0) is 19.4 Å². The molecule has 0 aliphatic carbocycles. The summed E-state index contributed by atoms with van der Waals surface area (Å²) in [6, 6.07) is 0.411. The van der Waals surface area contributed by atoms with Gasteiger partial charge in [-0.1, -0.05) is 11.6 Å². The fraction of sp³-hybridized carbons (Fsp3) is 0.889. The van der Waals surface area contributed by atoms with Crippen LogP contribution in [-0.4, -0.2) is 48.8 Å². The summed E-state index contributed by atoms with van der Waals surface area (Å²) >= 11 is 0. The lowest BCUT2D eigenvalue weighted by Gasteiger charge is -2.34. The maximum absolute atomic E-state index is 8.49. The fourth-order valence-electron chi connectivity index (χ4n) is 1.89. The number of nitrogens with two attached hydrogens (primary N) is 1. The number of nitrogens with zero attached hydrogens (tertiary/aromatic N) is 2. The molecule has 1 rings (SSSR count). The van der Waals surface area contributed by atoms with Crippen molar-refractivity contribution >= 4 is 5.84 Å². The van der Waals surface area contributed by atoms with Crippen LogP contribution in [0.25, 0.3) is 0 Å².